The first kappa shape index (κ1) is 17.5. The zero-order valence-corrected chi connectivity index (χ0v) is 15.5. The summed E-state index contributed by atoms with van der Waals surface area (Å²) in [6, 6.07) is 8.58. The van der Waals surface area contributed by atoms with Gasteiger partial charge < -0.3 is 19.7 Å². The lowest BCUT2D eigenvalue weighted by atomic mass is 10.2. The lowest BCUT2D eigenvalue weighted by Crippen LogP contribution is -2.40. The van der Waals surface area contributed by atoms with E-state index in [0.717, 1.165) is 5.39 Å². The molecule has 1 fully saturated rings. The number of hydrogen-bond acceptors (Lipinski definition) is 6. The fraction of sp³-hybridized carbons (Fsp3) is 0.278. The number of morpholine rings is 1. The van der Waals surface area contributed by atoms with Crippen LogP contribution in [0.5, 0.6) is 5.75 Å². The number of rotatable bonds is 4. The Hall–Kier alpha value is -2.91. The minimum absolute atomic E-state index is 0.0336. The Labute approximate surface area is 159 Å². The molecule has 1 aromatic carbocycles. The maximum Gasteiger partial charge on any atom is 0.264 e. The van der Waals surface area contributed by atoms with Crippen LogP contribution in [0.3, 0.4) is 0 Å². The van der Waals surface area contributed by atoms with Crippen molar-refractivity contribution in [3.8, 4) is 5.75 Å². The third kappa shape index (κ3) is 3.51. The normalized spacial score (nSPS) is 14.3. The Morgan fingerprint density at radius 3 is 2.70 bits per heavy atom. The van der Waals surface area contributed by atoms with Crippen molar-refractivity contribution < 1.29 is 19.1 Å². The lowest BCUT2D eigenvalue weighted by molar-refractivity contribution is 0.0306. The monoisotopic (exact) mass is 386 g/mol. The molecule has 0 saturated carbocycles. The van der Waals surface area contributed by atoms with Crippen LogP contribution in [0.4, 0.5) is 5.82 Å². The van der Waals surface area contributed by atoms with Crippen LogP contribution in [0.25, 0.3) is 10.2 Å². The molecule has 0 atom stereocenters. The molecule has 8 nitrogen and oxygen atoms in total. The van der Waals surface area contributed by atoms with E-state index in [2.05, 4.69) is 15.5 Å². The van der Waals surface area contributed by atoms with Crippen LogP contribution in [0.2, 0.25) is 0 Å². The molecule has 4 rings (SSSR count). The van der Waals surface area contributed by atoms with Crippen molar-refractivity contribution in [3.63, 3.8) is 0 Å². The van der Waals surface area contributed by atoms with E-state index in [0.29, 0.717) is 53.1 Å². The van der Waals surface area contributed by atoms with E-state index in [4.69, 9.17) is 9.47 Å². The highest BCUT2D eigenvalue weighted by molar-refractivity contribution is 7.20. The molecule has 9 heteroatoms. The highest BCUT2D eigenvalue weighted by atomic mass is 32.1. The van der Waals surface area contributed by atoms with Crippen molar-refractivity contribution in [3.05, 3.63) is 40.8 Å². The molecule has 3 heterocycles. The lowest BCUT2D eigenvalue weighted by Gasteiger charge is -2.26. The summed E-state index contributed by atoms with van der Waals surface area (Å²) in [6.45, 7) is 2.28. The summed E-state index contributed by atoms with van der Waals surface area (Å²) in [5, 5.41) is 10.6. The number of ether oxygens (including phenoxy) is 2. The van der Waals surface area contributed by atoms with E-state index in [-0.39, 0.29) is 11.8 Å². The predicted octanol–water partition coefficient (Wildman–Crippen LogP) is 2.36. The SMILES string of the molecule is COc1ccc(C(=O)Nc2[nH]nc3sc(C(=O)N4CCOCC4)cc23)cc1. The number of hydrogen-bond donors (Lipinski definition) is 2. The number of nitrogens with zero attached hydrogens (tertiary/aromatic N) is 2. The standard InChI is InChI=1S/C18H18N4O4S/c1-25-12-4-2-11(3-5-12)16(23)19-15-13-10-14(27-17(13)21-20-15)18(24)22-6-8-26-9-7-22/h2-5,10H,6-9H2,1H3,(H2,19,20,21,23). The van der Waals surface area contributed by atoms with Gasteiger partial charge in [-0.3, -0.25) is 14.7 Å². The molecule has 1 aliphatic heterocycles. The van der Waals surface area contributed by atoms with E-state index in [9.17, 15) is 9.59 Å². The van der Waals surface area contributed by atoms with Crippen molar-refractivity contribution in [2.75, 3.05) is 38.7 Å². The number of anilines is 1. The zero-order chi connectivity index (χ0) is 18.8. The Bertz CT molecular complexity index is 973. The van der Waals surface area contributed by atoms with Crippen molar-refractivity contribution >= 4 is 39.2 Å². The van der Waals surface area contributed by atoms with Crippen molar-refractivity contribution in [1.29, 1.82) is 0 Å². The molecule has 0 unspecified atom stereocenters. The van der Waals surface area contributed by atoms with E-state index >= 15 is 0 Å². The van der Waals surface area contributed by atoms with Crippen molar-refractivity contribution in [2.24, 2.45) is 0 Å². The highest BCUT2D eigenvalue weighted by Crippen LogP contribution is 2.30. The van der Waals surface area contributed by atoms with Crippen LogP contribution < -0.4 is 10.1 Å². The highest BCUT2D eigenvalue weighted by Gasteiger charge is 2.22. The maximum atomic E-state index is 12.6. The second-order valence-corrected chi connectivity index (χ2v) is 7.05. The molecular formula is C18H18N4O4S. The van der Waals surface area contributed by atoms with Gasteiger partial charge in [-0.25, -0.2) is 0 Å². The van der Waals surface area contributed by atoms with Gasteiger partial charge in [0.15, 0.2) is 0 Å². The number of carbonyl (C=O) groups is 2. The van der Waals surface area contributed by atoms with Gasteiger partial charge in [-0.15, -0.1) is 11.3 Å². The largest absolute Gasteiger partial charge is 0.497 e. The molecule has 140 valence electrons. The van der Waals surface area contributed by atoms with Gasteiger partial charge in [0.2, 0.25) is 0 Å². The van der Waals surface area contributed by atoms with Crippen molar-refractivity contribution in [2.45, 2.75) is 0 Å². The molecule has 2 amide bonds. The van der Waals surface area contributed by atoms with Gasteiger partial charge in [-0.05, 0) is 30.3 Å². The topological polar surface area (TPSA) is 96.5 Å². The van der Waals surface area contributed by atoms with Gasteiger partial charge in [-0.2, -0.15) is 5.10 Å². The fourth-order valence-electron chi connectivity index (χ4n) is 2.86. The third-order valence-electron chi connectivity index (χ3n) is 4.35. The quantitative estimate of drug-likeness (QED) is 0.718. The molecule has 2 aromatic heterocycles. The molecule has 27 heavy (non-hydrogen) atoms. The van der Waals surface area contributed by atoms with Gasteiger partial charge in [0, 0.05) is 18.7 Å². The number of benzene rings is 1. The molecule has 1 aliphatic rings. The first-order valence-electron chi connectivity index (χ1n) is 8.46. The number of thiophene rings is 1. The summed E-state index contributed by atoms with van der Waals surface area (Å²) >= 11 is 1.31. The summed E-state index contributed by atoms with van der Waals surface area (Å²) in [5.74, 6) is 0.854. The van der Waals surface area contributed by atoms with Crippen LogP contribution in [-0.2, 0) is 4.74 Å². The molecule has 0 radical (unpaired) electrons. The number of methoxy groups -OCH3 is 1. The van der Waals surface area contributed by atoms with Gasteiger partial charge in [0.25, 0.3) is 11.8 Å². The van der Waals surface area contributed by atoms with Gasteiger partial charge in [0.1, 0.15) is 16.4 Å². The average Bonchev–Trinajstić information content (AvgIpc) is 3.30. The van der Waals surface area contributed by atoms with E-state index in [1.54, 1.807) is 42.3 Å². The van der Waals surface area contributed by atoms with E-state index in [1.807, 2.05) is 0 Å². The number of aromatic amines is 1. The molecule has 0 bridgehead atoms. The molecule has 0 spiro atoms. The zero-order valence-electron chi connectivity index (χ0n) is 14.7. The Morgan fingerprint density at radius 2 is 2.00 bits per heavy atom. The molecular weight excluding hydrogens is 368 g/mol. The van der Waals surface area contributed by atoms with Gasteiger partial charge in [-0.1, -0.05) is 0 Å². The second-order valence-electron chi connectivity index (χ2n) is 6.02. The average molecular weight is 386 g/mol. The fourth-order valence-corrected chi connectivity index (χ4v) is 3.83. The first-order valence-corrected chi connectivity index (χ1v) is 9.27. The van der Waals surface area contributed by atoms with Gasteiger partial charge in [0.05, 0.1) is 30.6 Å². The smallest absolute Gasteiger partial charge is 0.264 e. The third-order valence-corrected chi connectivity index (χ3v) is 5.37. The van der Waals surface area contributed by atoms with Crippen LogP contribution >= 0.6 is 11.3 Å². The Kier molecular flexibility index (Phi) is 4.78. The molecule has 1 saturated heterocycles. The van der Waals surface area contributed by atoms with Crippen molar-refractivity contribution in [1.82, 2.24) is 15.1 Å². The number of aromatic nitrogens is 2. The first-order chi connectivity index (χ1) is 13.2. The van der Waals surface area contributed by atoms with Crippen LogP contribution in [0, 0.1) is 0 Å². The number of carbonyl (C=O) groups excluding carboxylic acids is 2. The molecule has 0 aliphatic carbocycles. The van der Waals surface area contributed by atoms with E-state index < -0.39 is 0 Å². The summed E-state index contributed by atoms with van der Waals surface area (Å²) in [6.07, 6.45) is 0. The molecule has 2 N–H and O–H groups in total. The Balaban J connectivity index is 1.53. The van der Waals surface area contributed by atoms with Crippen LogP contribution in [0.15, 0.2) is 30.3 Å². The number of amides is 2. The minimum atomic E-state index is -0.268. The summed E-state index contributed by atoms with van der Waals surface area (Å²) in [5.41, 5.74) is 0.499. The number of nitrogens with one attached hydrogen (secondary N) is 2. The summed E-state index contributed by atoms with van der Waals surface area (Å²) in [4.78, 5) is 28.1. The van der Waals surface area contributed by atoms with E-state index in [1.165, 1.54) is 11.3 Å². The number of fused-ring (bicyclic) bond motifs is 1. The Morgan fingerprint density at radius 1 is 1.26 bits per heavy atom. The number of H-pyrrole nitrogens is 1. The minimum Gasteiger partial charge on any atom is -0.497 e. The second kappa shape index (κ2) is 7.37. The predicted molar refractivity (Wildman–Crippen MR) is 102 cm³/mol. The van der Waals surface area contributed by atoms with Gasteiger partial charge >= 0.3 is 0 Å². The summed E-state index contributed by atoms with van der Waals surface area (Å²) < 4.78 is 10.4. The molecule has 3 aromatic rings. The maximum absolute atomic E-state index is 12.6. The van der Waals surface area contributed by atoms with Crippen LogP contribution in [-0.4, -0.2) is 60.3 Å². The van der Waals surface area contributed by atoms with Crippen LogP contribution in [0.1, 0.15) is 20.0 Å². The summed E-state index contributed by atoms with van der Waals surface area (Å²) in [7, 11) is 1.57.